The summed E-state index contributed by atoms with van der Waals surface area (Å²) >= 11 is 0. The van der Waals surface area contributed by atoms with Gasteiger partial charge in [-0.3, -0.25) is 4.79 Å². The van der Waals surface area contributed by atoms with Crippen molar-refractivity contribution in [3.05, 3.63) is 36.4 Å². The number of nitrogens with zero attached hydrogens (tertiary/aromatic N) is 1. The quantitative estimate of drug-likeness (QED) is 0.0311. The van der Waals surface area contributed by atoms with Crippen molar-refractivity contribution in [3.63, 3.8) is 0 Å². The molecule has 14 heteroatoms. The minimum absolute atomic E-state index is 0.0258. The third kappa shape index (κ3) is 27.7. The summed E-state index contributed by atoms with van der Waals surface area (Å²) in [6.07, 6.45) is 33.6. The lowest BCUT2D eigenvalue weighted by Gasteiger charge is -2.41. The highest BCUT2D eigenvalue weighted by molar-refractivity contribution is 7.89. The second kappa shape index (κ2) is 41.6. The van der Waals surface area contributed by atoms with Crippen molar-refractivity contribution in [1.29, 1.82) is 0 Å². The third-order valence-corrected chi connectivity index (χ3v) is 17.2. The number of hydrogen-bond donors (Lipinski definition) is 7. The Hall–Kier alpha value is -2.40. The molecular weight excluding hydrogens is 979 g/mol. The highest BCUT2D eigenvalue weighted by Crippen LogP contribution is 2.31. The summed E-state index contributed by atoms with van der Waals surface area (Å²) in [5.41, 5.74) is 0.838. The number of amides is 1. The zero-order chi connectivity index (χ0) is 55.2. The van der Waals surface area contributed by atoms with Gasteiger partial charge < -0.3 is 45.2 Å². The van der Waals surface area contributed by atoms with Gasteiger partial charge in [-0.2, -0.15) is 0 Å². The van der Waals surface area contributed by atoms with Crippen molar-refractivity contribution in [1.82, 2.24) is 10.0 Å². The zero-order valence-corrected chi connectivity index (χ0v) is 49.1. The van der Waals surface area contributed by atoms with E-state index in [2.05, 4.69) is 23.9 Å². The molecule has 76 heavy (non-hydrogen) atoms. The molecule has 440 valence electrons. The second-order valence-electron chi connectivity index (χ2n) is 22.7. The van der Waals surface area contributed by atoms with Crippen LogP contribution >= 0.6 is 0 Å². The van der Waals surface area contributed by atoms with Crippen LogP contribution in [0.25, 0.3) is 10.8 Å². The van der Waals surface area contributed by atoms with Crippen molar-refractivity contribution in [3.8, 4) is 0 Å². The summed E-state index contributed by atoms with van der Waals surface area (Å²) in [5, 5.41) is 59.6. The van der Waals surface area contributed by atoms with Crippen LogP contribution in [-0.2, 0) is 24.3 Å². The van der Waals surface area contributed by atoms with E-state index in [1.54, 1.807) is 18.2 Å². The zero-order valence-electron chi connectivity index (χ0n) is 48.3. The summed E-state index contributed by atoms with van der Waals surface area (Å²) in [6.45, 7) is 3.66. The molecular formula is C62H111N3O10S. The normalized spacial score (nSPS) is 19.2. The van der Waals surface area contributed by atoms with Crippen LogP contribution in [0.15, 0.2) is 41.3 Å². The van der Waals surface area contributed by atoms with Crippen LogP contribution in [0, 0.1) is 0 Å². The monoisotopic (exact) mass is 1090 g/mol. The van der Waals surface area contributed by atoms with Gasteiger partial charge in [0.2, 0.25) is 15.9 Å². The van der Waals surface area contributed by atoms with Gasteiger partial charge in [0, 0.05) is 43.5 Å². The molecule has 2 aromatic rings. The van der Waals surface area contributed by atoms with Crippen LogP contribution in [-0.4, -0.2) is 116 Å². The van der Waals surface area contributed by atoms with Crippen molar-refractivity contribution in [2.75, 3.05) is 32.1 Å². The molecule has 0 radical (unpaired) electrons. The molecule has 13 nitrogen and oxygen atoms in total. The average Bonchev–Trinajstić information content (AvgIpc) is 3.41. The molecule has 0 spiro atoms. The molecule has 1 saturated heterocycles. The van der Waals surface area contributed by atoms with Crippen LogP contribution in [0.3, 0.4) is 0 Å². The van der Waals surface area contributed by atoms with E-state index in [-0.39, 0.29) is 17.2 Å². The van der Waals surface area contributed by atoms with Crippen molar-refractivity contribution in [2.45, 2.75) is 305 Å². The standard InChI is InChI=1S/C62H111N3O10S/c1-5-7-9-11-13-15-17-19-20-21-22-23-24-25-26-27-28-29-31-33-35-37-39-47-57(67)64-52(58(68)54(66)45-38-36-34-32-30-18-16-14-12-10-8-6-2)49-74-62-61(71)60(70)59(69)55(75-62)48-63-76(72,73)56-46-41-42-50-51(56)43-40-44-53(50)65(3)4/h40-44,46,52,54-55,58-63,66,68-71H,5-39,45,47-49H2,1-4H3,(H,64,67)/t52-,54+,55?,58?,59?,60?,61?,62?/m0/s1. The highest BCUT2D eigenvalue weighted by atomic mass is 32.2. The van der Waals surface area contributed by atoms with E-state index in [4.69, 9.17) is 9.47 Å². The van der Waals surface area contributed by atoms with E-state index < -0.39 is 72.1 Å². The minimum atomic E-state index is -4.16. The Morgan fingerprint density at radius 1 is 0.579 bits per heavy atom. The Kier molecular flexibility index (Phi) is 37.1. The molecule has 8 atom stereocenters. The summed E-state index contributed by atoms with van der Waals surface area (Å²) in [6, 6.07) is 9.29. The summed E-state index contributed by atoms with van der Waals surface area (Å²) < 4.78 is 41.8. The number of rotatable bonds is 48. The highest BCUT2D eigenvalue weighted by Gasteiger charge is 2.45. The summed E-state index contributed by atoms with van der Waals surface area (Å²) in [7, 11) is -0.415. The van der Waals surface area contributed by atoms with E-state index in [0.717, 1.165) is 49.6 Å². The number of ether oxygens (including phenoxy) is 2. The molecule has 2 aromatic carbocycles. The molecule has 1 heterocycles. The SMILES string of the molecule is CCCCCCCCCCCCCCCCCCCCCCCCCC(=O)N[C@@H](COC1OC(CNS(=O)(=O)c2cccc3c(N(C)C)cccc23)C(O)C(O)C1O)C(O)[C@H](O)CCCCCCCCCCCCCC. The van der Waals surface area contributed by atoms with E-state index in [1.165, 1.54) is 179 Å². The van der Waals surface area contributed by atoms with E-state index in [9.17, 15) is 38.7 Å². The van der Waals surface area contributed by atoms with Gasteiger partial charge in [-0.25, -0.2) is 13.1 Å². The molecule has 1 aliphatic rings. The maximum absolute atomic E-state index is 13.7. The van der Waals surface area contributed by atoms with Crippen LogP contribution in [0.5, 0.6) is 0 Å². The fourth-order valence-corrected chi connectivity index (χ4v) is 12.1. The summed E-state index contributed by atoms with van der Waals surface area (Å²) in [4.78, 5) is 15.3. The Labute approximate surface area is 462 Å². The third-order valence-electron chi connectivity index (χ3n) is 15.7. The fourth-order valence-electron chi connectivity index (χ4n) is 10.8. The molecule has 6 unspecified atom stereocenters. The van der Waals surface area contributed by atoms with Gasteiger partial charge in [0.05, 0.1) is 23.6 Å². The number of unbranched alkanes of at least 4 members (excludes halogenated alkanes) is 33. The predicted octanol–water partition coefficient (Wildman–Crippen LogP) is 12.7. The first-order valence-corrected chi connectivity index (χ1v) is 32.5. The first-order chi connectivity index (χ1) is 36.8. The molecule has 0 saturated carbocycles. The molecule has 3 rings (SSSR count). The number of fused-ring (bicyclic) bond motifs is 1. The average molecular weight is 1090 g/mol. The predicted molar refractivity (Wildman–Crippen MR) is 312 cm³/mol. The van der Waals surface area contributed by atoms with E-state index in [1.807, 2.05) is 31.1 Å². The van der Waals surface area contributed by atoms with Crippen molar-refractivity contribution in [2.24, 2.45) is 0 Å². The van der Waals surface area contributed by atoms with Gasteiger partial charge in [-0.05, 0) is 25.0 Å². The maximum Gasteiger partial charge on any atom is 0.241 e. The smallest absolute Gasteiger partial charge is 0.241 e. The lowest BCUT2D eigenvalue weighted by molar-refractivity contribution is -0.297. The van der Waals surface area contributed by atoms with Crippen molar-refractivity contribution >= 4 is 32.4 Å². The molecule has 0 aromatic heterocycles. The number of hydrogen-bond acceptors (Lipinski definition) is 11. The first-order valence-electron chi connectivity index (χ1n) is 31.0. The number of carbonyl (C=O) groups excluding carboxylic acids is 1. The van der Waals surface area contributed by atoms with Crippen molar-refractivity contribution < 1.29 is 48.2 Å². The molecule has 0 aliphatic carbocycles. The van der Waals surface area contributed by atoms with Crippen LogP contribution in [0.4, 0.5) is 5.69 Å². The van der Waals surface area contributed by atoms with E-state index in [0.29, 0.717) is 24.6 Å². The van der Waals surface area contributed by atoms with Gasteiger partial charge in [0.25, 0.3) is 0 Å². The van der Waals surface area contributed by atoms with Crippen LogP contribution in [0.2, 0.25) is 0 Å². The lowest BCUT2D eigenvalue weighted by Crippen LogP contribution is -2.61. The van der Waals surface area contributed by atoms with Crippen LogP contribution in [0.1, 0.15) is 251 Å². The van der Waals surface area contributed by atoms with Gasteiger partial charge >= 0.3 is 0 Å². The topological polar surface area (TPSA) is 198 Å². The number of aliphatic hydroxyl groups is 5. The van der Waals surface area contributed by atoms with Gasteiger partial charge in [-0.1, -0.05) is 256 Å². The maximum atomic E-state index is 13.7. The summed E-state index contributed by atoms with van der Waals surface area (Å²) in [5.74, 6) is -0.298. The number of nitrogens with one attached hydrogen (secondary N) is 2. The fraction of sp³-hybridized carbons (Fsp3) is 0.823. The Morgan fingerprint density at radius 3 is 1.46 bits per heavy atom. The largest absolute Gasteiger partial charge is 0.390 e. The molecule has 1 aliphatic heterocycles. The molecule has 7 N–H and O–H groups in total. The Bertz CT molecular complexity index is 1870. The van der Waals surface area contributed by atoms with Gasteiger partial charge in [0.1, 0.15) is 30.5 Å². The number of carbonyl (C=O) groups is 1. The number of sulfonamides is 1. The molecule has 0 bridgehead atoms. The Morgan fingerprint density at radius 2 is 1.00 bits per heavy atom. The number of anilines is 1. The number of aliphatic hydroxyl groups excluding tert-OH is 5. The Balaban J connectivity index is 1.43. The number of benzene rings is 2. The molecule has 1 amide bonds. The first kappa shape index (κ1) is 67.9. The van der Waals surface area contributed by atoms with Crippen LogP contribution < -0.4 is 14.9 Å². The van der Waals surface area contributed by atoms with E-state index >= 15 is 0 Å². The lowest BCUT2D eigenvalue weighted by atomic mass is 9.98. The van der Waals surface area contributed by atoms with Gasteiger partial charge in [-0.15, -0.1) is 0 Å². The second-order valence-corrected chi connectivity index (χ2v) is 24.4. The van der Waals surface area contributed by atoms with Gasteiger partial charge in [0.15, 0.2) is 6.29 Å². The molecule has 1 fully saturated rings. The minimum Gasteiger partial charge on any atom is -0.390 e.